The van der Waals surface area contributed by atoms with E-state index in [4.69, 9.17) is 10.5 Å². The van der Waals surface area contributed by atoms with E-state index in [-0.39, 0.29) is 17.8 Å². The Labute approximate surface area is 120 Å². The van der Waals surface area contributed by atoms with Crippen LogP contribution in [0, 0.1) is 22.7 Å². The number of nitrogens with zero attached hydrogens (tertiary/aromatic N) is 4. The van der Waals surface area contributed by atoms with E-state index in [0.717, 1.165) is 5.56 Å². The van der Waals surface area contributed by atoms with Gasteiger partial charge in [-0.05, 0) is 19.1 Å². The third-order valence-corrected chi connectivity index (χ3v) is 2.72. The molecular formula is C13H11N7O. The summed E-state index contributed by atoms with van der Waals surface area (Å²) in [6.45, 7) is 1.83. The summed E-state index contributed by atoms with van der Waals surface area (Å²) in [5.41, 5.74) is 6.89. The second-order valence-corrected chi connectivity index (χ2v) is 4.18. The van der Waals surface area contributed by atoms with Crippen molar-refractivity contribution in [3.8, 4) is 12.1 Å². The highest BCUT2D eigenvalue weighted by Crippen LogP contribution is 2.13. The zero-order valence-electron chi connectivity index (χ0n) is 11.1. The summed E-state index contributed by atoms with van der Waals surface area (Å²) in [5, 5.41) is 27.5. The molecule has 0 aromatic heterocycles. The van der Waals surface area contributed by atoms with E-state index in [1.54, 1.807) is 36.4 Å². The molecule has 8 nitrogen and oxygen atoms in total. The molecule has 2 rings (SSSR count). The molecule has 0 fully saturated rings. The Kier molecular flexibility index (Phi) is 4.12. The monoisotopic (exact) mass is 281 g/mol. The van der Waals surface area contributed by atoms with Gasteiger partial charge in [-0.3, -0.25) is 5.43 Å². The first-order valence-corrected chi connectivity index (χ1v) is 6.02. The van der Waals surface area contributed by atoms with Gasteiger partial charge in [0, 0.05) is 5.56 Å². The van der Waals surface area contributed by atoms with Crippen molar-refractivity contribution >= 4 is 23.1 Å². The molecule has 0 saturated heterocycles. The minimum absolute atomic E-state index is 0.195. The first-order chi connectivity index (χ1) is 10.1. The number of hydrazone groups is 2. The van der Waals surface area contributed by atoms with Gasteiger partial charge in [0.15, 0.2) is 0 Å². The number of nitriles is 2. The predicted octanol–water partition coefficient (Wildman–Crippen LogP) is 0.907. The molecule has 104 valence electrons. The number of rotatable bonds is 3. The van der Waals surface area contributed by atoms with Crippen molar-refractivity contribution in [2.45, 2.75) is 13.0 Å². The van der Waals surface area contributed by atoms with Crippen molar-refractivity contribution in [3.63, 3.8) is 0 Å². The molecule has 21 heavy (non-hydrogen) atoms. The van der Waals surface area contributed by atoms with Crippen molar-refractivity contribution in [2.75, 3.05) is 5.43 Å². The maximum absolute atomic E-state index is 11.1. The van der Waals surface area contributed by atoms with Gasteiger partial charge in [-0.2, -0.15) is 20.7 Å². The Morgan fingerprint density at radius 1 is 1.33 bits per heavy atom. The van der Waals surface area contributed by atoms with Crippen LogP contribution in [0.4, 0.5) is 10.5 Å². The zero-order chi connectivity index (χ0) is 15.2. The molecule has 3 N–H and O–H groups in total. The number of carbonyl (C=O) groups excluding carboxylic acids is 1. The smallest absolute Gasteiger partial charge is 0.328 e. The maximum atomic E-state index is 11.1. The molecule has 0 aliphatic carbocycles. The summed E-state index contributed by atoms with van der Waals surface area (Å²) < 4.78 is 0. The topological polar surface area (TPSA) is 125 Å². The lowest BCUT2D eigenvalue weighted by atomic mass is 10.0. The van der Waals surface area contributed by atoms with Gasteiger partial charge >= 0.3 is 6.03 Å². The van der Waals surface area contributed by atoms with E-state index < -0.39 is 0 Å². The maximum Gasteiger partial charge on any atom is 0.335 e. The van der Waals surface area contributed by atoms with Crippen molar-refractivity contribution in [2.24, 2.45) is 10.2 Å². The normalized spacial score (nSPS) is 16.4. The zero-order valence-corrected chi connectivity index (χ0v) is 11.1. The molecule has 2 amide bonds. The Hall–Kier alpha value is -3.39. The van der Waals surface area contributed by atoms with Gasteiger partial charge in [0.2, 0.25) is 5.71 Å². The van der Waals surface area contributed by atoms with Gasteiger partial charge in [0.1, 0.15) is 12.1 Å². The average Bonchev–Trinajstić information content (AvgIpc) is 2.49. The standard InChI is InChI=1S/C13H11N7O/c1-8-12(19-20-13(21)16-8)9-2-4-10(5-3-9)17-18-11(6-14)7-15/h2-5,8,17H,1H3,(H2,16,20,21). The SMILES string of the molecule is CC1NC(=O)NN=C1c1ccc(NN=C(C#N)C#N)cc1. The molecule has 1 heterocycles. The van der Waals surface area contributed by atoms with Crippen molar-refractivity contribution in [1.29, 1.82) is 10.5 Å². The van der Waals surface area contributed by atoms with E-state index >= 15 is 0 Å². The molecule has 1 aliphatic heterocycles. The van der Waals surface area contributed by atoms with E-state index in [2.05, 4.69) is 26.4 Å². The highest BCUT2D eigenvalue weighted by atomic mass is 16.2. The van der Waals surface area contributed by atoms with Crippen LogP contribution >= 0.6 is 0 Å². The number of anilines is 1. The fraction of sp³-hybridized carbons (Fsp3) is 0.154. The fourth-order valence-corrected chi connectivity index (χ4v) is 1.73. The van der Waals surface area contributed by atoms with Crippen LogP contribution in [0.2, 0.25) is 0 Å². The number of hydrogen-bond donors (Lipinski definition) is 3. The van der Waals surface area contributed by atoms with Gasteiger partial charge < -0.3 is 5.32 Å². The van der Waals surface area contributed by atoms with E-state index in [0.29, 0.717) is 11.4 Å². The second kappa shape index (κ2) is 6.17. The highest BCUT2D eigenvalue weighted by molar-refractivity contribution is 6.10. The average molecular weight is 281 g/mol. The molecule has 1 aromatic rings. The van der Waals surface area contributed by atoms with Crippen molar-refractivity contribution < 1.29 is 4.79 Å². The number of carbonyl (C=O) groups is 1. The minimum Gasteiger partial charge on any atom is -0.328 e. The second-order valence-electron chi connectivity index (χ2n) is 4.18. The summed E-state index contributed by atoms with van der Waals surface area (Å²) in [4.78, 5) is 11.1. The first kappa shape index (κ1) is 14.0. The predicted molar refractivity (Wildman–Crippen MR) is 76.4 cm³/mol. The summed E-state index contributed by atoms with van der Waals surface area (Å²) >= 11 is 0. The summed E-state index contributed by atoms with van der Waals surface area (Å²) in [7, 11) is 0. The van der Waals surface area contributed by atoms with Crippen LogP contribution in [0.15, 0.2) is 34.5 Å². The Morgan fingerprint density at radius 3 is 2.57 bits per heavy atom. The number of hydrogen-bond acceptors (Lipinski definition) is 6. The van der Waals surface area contributed by atoms with Crippen LogP contribution in [0.5, 0.6) is 0 Å². The minimum atomic E-state index is -0.334. The van der Waals surface area contributed by atoms with Crippen LogP contribution in [-0.2, 0) is 0 Å². The summed E-state index contributed by atoms with van der Waals surface area (Å²) in [6, 6.07) is 9.84. The van der Waals surface area contributed by atoms with Gasteiger partial charge in [0.25, 0.3) is 0 Å². The Balaban J connectivity index is 2.13. The van der Waals surface area contributed by atoms with Crippen molar-refractivity contribution in [3.05, 3.63) is 29.8 Å². The third-order valence-electron chi connectivity index (χ3n) is 2.72. The third kappa shape index (κ3) is 3.33. The van der Waals surface area contributed by atoms with Gasteiger partial charge in [0.05, 0.1) is 17.4 Å². The fourth-order valence-electron chi connectivity index (χ4n) is 1.73. The van der Waals surface area contributed by atoms with E-state index in [1.807, 2.05) is 6.92 Å². The van der Waals surface area contributed by atoms with Crippen molar-refractivity contribution in [1.82, 2.24) is 10.7 Å². The number of benzene rings is 1. The van der Waals surface area contributed by atoms with Gasteiger partial charge in [-0.25, -0.2) is 10.2 Å². The first-order valence-electron chi connectivity index (χ1n) is 6.02. The van der Waals surface area contributed by atoms with Gasteiger partial charge in [-0.1, -0.05) is 12.1 Å². The molecule has 0 spiro atoms. The number of nitrogens with one attached hydrogen (secondary N) is 3. The van der Waals surface area contributed by atoms with Crippen LogP contribution in [0.1, 0.15) is 12.5 Å². The molecule has 1 atom stereocenters. The summed E-state index contributed by atoms with van der Waals surface area (Å²) in [6.07, 6.45) is 0. The molecule has 0 saturated carbocycles. The molecule has 1 unspecified atom stereocenters. The number of urea groups is 1. The quantitative estimate of drug-likeness (QED) is 0.562. The molecule has 1 aromatic carbocycles. The molecule has 8 heteroatoms. The van der Waals surface area contributed by atoms with Gasteiger partial charge in [-0.15, -0.1) is 0 Å². The Bertz CT molecular complexity index is 675. The molecule has 1 aliphatic rings. The van der Waals surface area contributed by atoms with E-state index in [1.165, 1.54) is 0 Å². The lowest BCUT2D eigenvalue weighted by molar-refractivity contribution is 0.239. The van der Waals surface area contributed by atoms with Crippen LogP contribution < -0.4 is 16.2 Å². The molecular weight excluding hydrogens is 270 g/mol. The summed E-state index contributed by atoms with van der Waals surface area (Å²) in [5.74, 6) is 0. The lowest BCUT2D eigenvalue weighted by Crippen LogP contribution is -2.48. The Morgan fingerprint density at radius 2 is 2.00 bits per heavy atom. The molecule has 0 bridgehead atoms. The number of amides is 2. The lowest BCUT2D eigenvalue weighted by Gasteiger charge is -2.21. The van der Waals surface area contributed by atoms with E-state index in [9.17, 15) is 4.79 Å². The van der Waals surface area contributed by atoms with Crippen LogP contribution in [-0.4, -0.2) is 23.5 Å². The van der Waals surface area contributed by atoms with Crippen LogP contribution in [0.3, 0.4) is 0 Å². The molecule has 0 radical (unpaired) electrons. The highest BCUT2D eigenvalue weighted by Gasteiger charge is 2.19. The van der Waals surface area contributed by atoms with Crippen LogP contribution in [0.25, 0.3) is 0 Å². The largest absolute Gasteiger partial charge is 0.335 e.